The molecule has 0 spiro atoms. The highest BCUT2D eigenvalue weighted by Crippen LogP contribution is 2.12. The monoisotopic (exact) mass is 342 g/mol. The number of carbonyl (C=O) groups is 1. The van der Waals surface area contributed by atoms with Crippen molar-refractivity contribution in [3.8, 4) is 0 Å². The van der Waals surface area contributed by atoms with E-state index in [2.05, 4.69) is 5.48 Å². The number of aryl methyl sites for hydroxylation is 1. The third-order valence-electron chi connectivity index (χ3n) is 4.12. The van der Waals surface area contributed by atoms with Crippen molar-refractivity contribution >= 4 is 5.91 Å². The minimum Gasteiger partial charge on any atom is -0.350 e. The van der Waals surface area contributed by atoms with Crippen LogP contribution in [0.2, 0.25) is 0 Å². The molecule has 0 radical (unpaired) electrons. The zero-order chi connectivity index (χ0) is 17.6. The Balaban J connectivity index is 1.69. The minimum absolute atomic E-state index is 0.0472. The molecule has 3 rings (SSSR count). The Kier molecular flexibility index (Phi) is 5.63. The fourth-order valence-electron chi connectivity index (χ4n) is 2.82. The first kappa shape index (κ1) is 17.4. The van der Waals surface area contributed by atoms with Gasteiger partial charge in [-0.15, -0.1) is 0 Å². The van der Waals surface area contributed by atoms with Gasteiger partial charge in [-0.3, -0.25) is 9.59 Å². The van der Waals surface area contributed by atoms with Crippen molar-refractivity contribution in [1.29, 1.82) is 0 Å². The lowest BCUT2D eigenvalue weighted by molar-refractivity contribution is -0.186. The molecule has 2 aromatic rings. The van der Waals surface area contributed by atoms with Crippen LogP contribution in [0.4, 0.5) is 0 Å². The molecule has 0 aliphatic carbocycles. The van der Waals surface area contributed by atoms with Crippen molar-refractivity contribution in [3.63, 3.8) is 0 Å². The molecule has 0 bridgehead atoms. The van der Waals surface area contributed by atoms with Gasteiger partial charge in [-0.25, -0.2) is 10.3 Å². The summed E-state index contributed by atoms with van der Waals surface area (Å²) in [5.74, 6) is -0.558. The van der Waals surface area contributed by atoms with E-state index in [9.17, 15) is 9.59 Å². The number of ether oxygens (including phenoxy) is 1. The molecule has 1 aliphatic rings. The topological polar surface area (TPSA) is 69.6 Å². The molecule has 1 aliphatic heterocycles. The predicted molar refractivity (Wildman–Crippen MR) is 93.1 cm³/mol. The Morgan fingerprint density at radius 1 is 1.32 bits per heavy atom. The number of pyridine rings is 1. The van der Waals surface area contributed by atoms with Crippen LogP contribution in [0, 0.1) is 6.92 Å². The van der Waals surface area contributed by atoms with Gasteiger partial charge in [0.1, 0.15) is 5.56 Å². The van der Waals surface area contributed by atoms with E-state index in [-0.39, 0.29) is 11.1 Å². The first-order valence-corrected chi connectivity index (χ1v) is 8.46. The van der Waals surface area contributed by atoms with Gasteiger partial charge in [-0.1, -0.05) is 29.8 Å². The molecule has 1 saturated heterocycles. The van der Waals surface area contributed by atoms with Crippen LogP contribution < -0.4 is 11.0 Å². The molecule has 6 nitrogen and oxygen atoms in total. The maximum Gasteiger partial charge on any atom is 0.280 e. The standard InChI is InChI=1S/C19H22N2O4/c1-14-6-4-7-15(12-14)13-21-10-5-8-16(19(21)23)18(22)20-25-17-9-2-3-11-24-17/h4-8,10,12,17H,2-3,9,11,13H2,1H3,(H,20,22). The predicted octanol–water partition coefficient (Wildman–Crippen LogP) is 2.39. The van der Waals surface area contributed by atoms with Gasteiger partial charge in [0, 0.05) is 19.2 Å². The largest absolute Gasteiger partial charge is 0.350 e. The third-order valence-corrected chi connectivity index (χ3v) is 4.12. The summed E-state index contributed by atoms with van der Waals surface area (Å²) in [5.41, 5.74) is 4.16. The average molecular weight is 342 g/mol. The number of benzene rings is 1. The van der Waals surface area contributed by atoms with Gasteiger partial charge < -0.3 is 9.30 Å². The number of aromatic nitrogens is 1. The van der Waals surface area contributed by atoms with E-state index < -0.39 is 12.2 Å². The van der Waals surface area contributed by atoms with Crippen LogP contribution in [0.3, 0.4) is 0 Å². The van der Waals surface area contributed by atoms with Crippen molar-refractivity contribution in [2.24, 2.45) is 0 Å². The van der Waals surface area contributed by atoms with Crippen molar-refractivity contribution in [2.45, 2.75) is 39.0 Å². The smallest absolute Gasteiger partial charge is 0.280 e. The summed E-state index contributed by atoms with van der Waals surface area (Å²) >= 11 is 0. The minimum atomic E-state index is -0.558. The van der Waals surface area contributed by atoms with Gasteiger partial charge in [0.25, 0.3) is 11.5 Å². The first-order valence-electron chi connectivity index (χ1n) is 8.46. The summed E-state index contributed by atoms with van der Waals surface area (Å²) in [6.07, 6.45) is 3.95. The molecule has 1 atom stereocenters. The lowest BCUT2D eigenvalue weighted by atomic mass is 10.1. The van der Waals surface area contributed by atoms with E-state index in [1.165, 1.54) is 10.6 Å². The van der Waals surface area contributed by atoms with E-state index in [1.54, 1.807) is 12.3 Å². The molecule has 1 fully saturated rings. The zero-order valence-electron chi connectivity index (χ0n) is 14.2. The zero-order valence-corrected chi connectivity index (χ0v) is 14.2. The van der Waals surface area contributed by atoms with Crippen molar-refractivity contribution < 1.29 is 14.4 Å². The highest BCUT2D eigenvalue weighted by molar-refractivity contribution is 5.93. The third kappa shape index (κ3) is 4.55. The second kappa shape index (κ2) is 8.09. The maximum absolute atomic E-state index is 12.6. The summed E-state index contributed by atoms with van der Waals surface area (Å²) in [5, 5.41) is 0. The molecule has 1 N–H and O–H groups in total. The van der Waals surface area contributed by atoms with Crippen LogP contribution >= 0.6 is 0 Å². The molecule has 1 aromatic carbocycles. The maximum atomic E-state index is 12.6. The van der Waals surface area contributed by atoms with E-state index >= 15 is 0 Å². The Labute approximate surface area is 146 Å². The molecule has 1 unspecified atom stereocenters. The number of rotatable bonds is 5. The number of nitrogens with zero attached hydrogens (tertiary/aromatic N) is 1. The molecule has 1 aromatic heterocycles. The number of hydroxylamine groups is 1. The van der Waals surface area contributed by atoms with Crippen LogP contribution in [0.25, 0.3) is 0 Å². The summed E-state index contributed by atoms with van der Waals surface area (Å²) < 4.78 is 6.90. The number of amides is 1. The molecule has 25 heavy (non-hydrogen) atoms. The average Bonchev–Trinajstić information content (AvgIpc) is 2.62. The molecule has 0 saturated carbocycles. The highest BCUT2D eigenvalue weighted by atomic mass is 16.8. The molecule has 1 amide bonds. The number of hydrogen-bond donors (Lipinski definition) is 1. The van der Waals surface area contributed by atoms with Gasteiger partial charge in [0.05, 0.1) is 6.54 Å². The molecular weight excluding hydrogens is 320 g/mol. The normalized spacial score (nSPS) is 17.2. The van der Waals surface area contributed by atoms with E-state index in [0.717, 1.165) is 30.4 Å². The summed E-state index contributed by atoms with van der Waals surface area (Å²) in [4.78, 5) is 30.1. The van der Waals surface area contributed by atoms with Crippen LogP contribution in [0.5, 0.6) is 0 Å². The molecule has 2 heterocycles. The summed E-state index contributed by atoms with van der Waals surface area (Å²) in [7, 11) is 0. The number of hydrogen-bond acceptors (Lipinski definition) is 4. The quantitative estimate of drug-likeness (QED) is 0.847. The SMILES string of the molecule is Cc1cccc(Cn2cccc(C(=O)NOC3CCCCO3)c2=O)c1. The summed E-state index contributed by atoms with van der Waals surface area (Å²) in [6, 6.07) is 11.1. The van der Waals surface area contributed by atoms with Crippen molar-refractivity contribution in [2.75, 3.05) is 6.61 Å². The van der Waals surface area contributed by atoms with Crippen LogP contribution in [-0.2, 0) is 16.1 Å². The fourth-order valence-corrected chi connectivity index (χ4v) is 2.82. The van der Waals surface area contributed by atoms with E-state index in [0.29, 0.717) is 13.2 Å². The first-order chi connectivity index (χ1) is 12.1. The molecule has 132 valence electrons. The second-order valence-electron chi connectivity index (χ2n) is 6.19. The van der Waals surface area contributed by atoms with E-state index in [1.807, 2.05) is 31.2 Å². The van der Waals surface area contributed by atoms with Gasteiger partial charge in [0.15, 0.2) is 6.29 Å². The molecule has 6 heteroatoms. The lowest BCUT2D eigenvalue weighted by Crippen LogP contribution is -2.37. The number of nitrogens with one attached hydrogen (secondary N) is 1. The lowest BCUT2D eigenvalue weighted by Gasteiger charge is -2.22. The second-order valence-corrected chi connectivity index (χ2v) is 6.19. The highest BCUT2D eigenvalue weighted by Gasteiger charge is 2.18. The fraction of sp³-hybridized carbons (Fsp3) is 0.368. The van der Waals surface area contributed by atoms with Gasteiger partial charge >= 0.3 is 0 Å². The van der Waals surface area contributed by atoms with Crippen molar-refractivity contribution in [1.82, 2.24) is 10.0 Å². The van der Waals surface area contributed by atoms with Crippen LogP contribution in [0.15, 0.2) is 47.4 Å². The van der Waals surface area contributed by atoms with Crippen LogP contribution in [0.1, 0.15) is 40.7 Å². The molecular formula is C19H22N2O4. The Hall–Kier alpha value is -2.44. The van der Waals surface area contributed by atoms with Crippen molar-refractivity contribution in [3.05, 3.63) is 69.6 Å². The van der Waals surface area contributed by atoms with Gasteiger partial charge in [-0.2, -0.15) is 0 Å². The Morgan fingerprint density at radius 3 is 2.96 bits per heavy atom. The number of carbonyl (C=O) groups excluding carboxylic acids is 1. The van der Waals surface area contributed by atoms with E-state index in [4.69, 9.17) is 9.57 Å². The van der Waals surface area contributed by atoms with Crippen LogP contribution in [-0.4, -0.2) is 23.4 Å². The van der Waals surface area contributed by atoms with Gasteiger partial charge in [-0.05, 0) is 37.5 Å². The summed E-state index contributed by atoms with van der Waals surface area (Å²) in [6.45, 7) is 3.03. The Bertz CT molecular complexity index is 794. The van der Waals surface area contributed by atoms with Gasteiger partial charge in [0.2, 0.25) is 0 Å². The Morgan fingerprint density at radius 2 is 2.20 bits per heavy atom.